The zero-order valence-electron chi connectivity index (χ0n) is 17.0. The number of aryl methyl sites for hydroxylation is 1. The van der Waals surface area contributed by atoms with Crippen molar-refractivity contribution in [1.82, 2.24) is 14.8 Å². The van der Waals surface area contributed by atoms with Gasteiger partial charge in [0.15, 0.2) is 0 Å². The molecule has 0 saturated carbocycles. The monoisotopic (exact) mass is 409 g/mol. The number of aromatic nitrogens is 1. The average molecular weight is 409 g/mol. The number of likely N-dealkylation sites (tertiary alicyclic amines) is 2. The van der Waals surface area contributed by atoms with Crippen molar-refractivity contribution in [3.63, 3.8) is 0 Å². The number of amides is 2. The van der Waals surface area contributed by atoms with Gasteiger partial charge in [0.05, 0.1) is 6.20 Å². The van der Waals surface area contributed by atoms with Crippen LogP contribution >= 0.6 is 0 Å². The van der Waals surface area contributed by atoms with Crippen LogP contribution in [-0.2, 0) is 16.0 Å². The zero-order valence-corrected chi connectivity index (χ0v) is 17.0. The van der Waals surface area contributed by atoms with Gasteiger partial charge in [-0.25, -0.2) is 4.98 Å². The predicted octanol–water partition coefficient (Wildman–Crippen LogP) is 2.72. The second-order valence-electron chi connectivity index (χ2n) is 8.06. The van der Waals surface area contributed by atoms with E-state index in [1.165, 1.54) is 18.0 Å². The highest BCUT2D eigenvalue weighted by molar-refractivity contribution is 5.95. The fourth-order valence-corrected chi connectivity index (χ4v) is 4.46. The first-order valence-electron chi connectivity index (χ1n) is 10.7. The molecule has 158 valence electrons. The number of benzene rings is 1. The molecule has 2 aliphatic rings. The number of hydrogen-bond acceptors (Lipinski definition) is 5. The maximum absolute atomic E-state index is 13.1. The number of Topliss-reactive ketones (excluding diaryl/α,β-unsaturated/α-hetero) is 1. The van der Waals surface area contributed by atoms with Gasteiger partial charge in [-0.2, -0.15) is 0 Å². The van der Waals surface area contributed by atoms with Crippen molar-refractivity contribution >= 4 is 17.6 Å². The molecule has 0 unspecified atom stereocenters. The molecule has 0 bridgehead atoms. The smallest absolute Gasteiger partial charge is 0.263 e. The highest BCUT2D eigenvalue weighted by atomic mass is 16.3. The first-order chi connectivity index (χ1) is 14.6. The van der Waals surface area contributed by atoms with Crippen molar-refractivity contribution in [3.05, 3.63) is 54.2 Å². The Morgan fingerprint density at radius 3 is 2.70 bits per heavy atom. The van der Waals surface area contributed by atoms with Gasteiger partial charge in [0.1, 0.15) is 12.3 Å². The fraction of sp³-hybridized carbons (Fsp3) is 0.478. The maximum Gasteiger partial charge on any atom is 0.263 e. The summed E-state index contributed by atoms with van der Waals surface area (Å²) < 4.78 is 5.10. The predicted molar refractivity (Wildman–Crippen MR) is 110 cm³/mol. The molecule has 0 N–H and O–H groups in total. The van der Waals surface area contributed by atoms with Gasteiger partial charge in [-0.05, 0) is 37.7 Å². The highest BCUT2D eigenvalue weighted by Crippen LogP contribution is 2.26. The van der Waals surface area contributed by atoms with E-state index in [2.05, 4.69) is 17.1 Å². The standard InChI is InChI=1S/C23H27N3O4/c27-20(10-4-8-17-6-2-1-3-7-17)26-13-5-9-19(26)23(29)25-14-11-18(16-25)21(28)22-24-12-15-30-22/h1-3,6-7,12,15,18-19H,4-5,8-11,13-14,16H2/t18-,19-/m0/s1. The Labute approximate surface area is 176 Å². The summed E-state index contributed by atoms with van der Waals surface area (Å²) in [4.78, 5) is 45.7. The van der Waals surface area contributed by atoms with Gasteiger partial charge < -0.3 is 14.2 Å². The Balaban J connectivity index is 1.30. The molecule has 2 atom stereocenters. The molecule has 3 heterocycles. The fourth-order valence-electron chi connectivity index (χ4n) is 4.46. The molecule has 30 heavy (non-hydrogen) atoms. The quantitative estimate of drug-likeness (QED) is 0.657. The lowest BCUT2D eigenvalue weighted by atomic mass is 10.0. The maximum atomic E-state index is 13.1. The van der Waals surface area contributed by atoms with E-state index in [4.69, 9.17) is 4.42 Å². The first-order valence-corrected chi connectivity index (χ1v) is 10.7. The van der Waals surface area contributed by atoms with Crippen molar-refractivity contribution in [2.45, 2.75) is 44.6 Å². The molecule has 0 radical (unpaired) electrons. The van der Waals surface area contributed by atoms with Crippen molar-refractivity contribution in [2.75, 3.05) is 19.6 Å². The van der Waals surface area contributed by atoms with Gasteiger partial charge in [0.25, 0.3) is 5.89 Å². The van der Waals surface area contributed by atoms with Crippen molar-refractivity contribution in [3.8, 4) is 0 Å². The van der Waals surface area contributed by atoms with Crippen LogP contribution < -0.4 is 0 Å². The van der Waals surface area contributed by atoms with Gasteiger partial charge in [-0.1, -0.05) is 30.3 Å². The average Bonchev–Trinajstić information content (AvgIpc) is 3.55. The normalized spacial score (nSPS) is 21.2. The number of nitrogens with zero attached hydrogens (tertiary/aromatic N) is 3. The van der Waals surface area contributed by atoms with E-state index in [9.17, 15) is 14.4 Å². The van der Waals surface area contributed by atoms with E-state index in [-0.39, 0.29) is 29.4 Å². The second kappa shape index (κ2) is 9.24. The zero-order chi connectivity index (χ0) is 20.9. The summed E-state index contributed by atoms with van der Waals surface area (Å²) in [6.07, 6.45) is 7.04. The molecule has 2 aliphatic heterocycles. The summed E-state index contributed by atoms with van der Waals surface area (Å²) in [7, 11) is 0. The Hall–Kier alpha value is -2.96. The van der Waals surface area contributed by atoms with Crippen LogP contribution in [0.1, 0.15) is 48.4 Å². The van der Waals surface area contributed by atoms with E-state index >= 15 is 0 Å². The number of rotatable bonds is 7. The minimum atomic E-state index is -0.398. The van der Waals surface area contributed by atoms with Crippen LogP contribution in [0.2, 0.25) is 0 Å². The Morgan fingerprint density at radius 1 is 1.10 bits per heavy atom. The summed E-state index contributed by atoms with van der Waals surface area (Å²) >= 11 is 0. The molecule has 0 aliphatic carbocycles. The minimum absolute atomic E-state index is 0.0355. The number of ketones is 1. The first kappa shape index (κ1) is 20.3. The molecule has 2 aromatic rings. The summed E-state index contributed by atoms with van der Waals surface area (Å²) in [5.41, 5.74) is 1.22. The highest BCUT2D eigenvalue weighted by Gasteiger charge is 2.40. The lowest BCUT2D eigenvalue weighted by molar-refractivity contribution is -0.143. The molecule has 1 aromatic heterocycles. The summed E-state index contributed by atoms with van der Waals surface area (Å²) in [5.74, 6) is -0.329. The van der Waals surface area contributed by atoms with E-state index in [1.54, 1.807) is 9.80 Å². The molecule has 0 spiro atoms. The van der Waals surface area contributed by atoms with E-state index in [1.807, 2.05) is 18.2 Å². The lowest BCUT2D eigenvalue weighted by Gasteiger charge is -2.28. The summed E-state index contributed by atoms with van der Waals surface area (Å²) in [6.45, 7) is 1.53. The second-order valence-corrected chi connectivity index (χ2v) is 8.06. The van der Waals surface area contributed by atoms with Crippen LogP contribution in [0.5, 0.6) is 0 Å². The van der Waals surface area contributed by atoms with Crippen molar-refractivity contribution in [2.24, 2.45) is 5.92 Å². The van der Waals surface area contributed by atoms with Crippen LogP contribution in [0, 0.1) is 5.92 Å². The van der Waals surface area contributed by atoms with Crippen LogP contribution in [0.3, 0.4) is 0 Å². The van der Waals surface area contributed by atoms with Crippen molar-refractivity contribution in [1.29, 1.82) is 0 Å². The number of carbonyl (C=O) groups is 3. The molecular formula is C23H27N3O4. The largest absolute Gasteiger partial charge is 0.442 e. The molecular weight excluding hydrogens is 382 g/mol. The third-order valence-corrected chi connectivity index (χ3v) is 6.07. The molecule has 7 heteroatoms. The van der Waals surface area contributed by atoms with Crippen LogP contribution in [0.15, 0.2) is 47.2 Å². The van der Waals surface area contributed by atoms with E-state index < -0.39 is 6.04 Å². The van der Waals surface area contributed by atoms with Gasteiger partial charge in [0.2, 0.25) is 17.6 Å². The van der Waals surface area contributed by atoms with Gasteiger partial charge in [-0.3, -0.25) is 14.4 Å². The van der Waals surface area contributed by atoms with Gasteiger partial charge in [0, 0.05) is 32.0 Å². The molecule has 2 saturated heterocycles. The Morgan fingerprint density at radius 2 is 1.93 bits per heavy atom. The minimum Gasteiger partial charge on any atom is -0.442 e. The number of oxazole rings is 1. The van der Waals surface area contributed by atoms with Crippen molar-refractivity contribution < 1.29 is 18.8 Å². The molecule has 2 fully saturated rings. The Bertz CT molecular complexity index is 881. The summed E-state index contributed by atoms with van der Waals surface area (Å²) in [6, 6.07) is 9.72. The van der Waals surface area contributed by atoms with Gasteiger partial charge in [-0.15, -0.1) is 0 Å². The number of carbonyl (C=O) groups excluding carboxylic acids is 3. The van der Waals surface area contributed by atoms with Gasteiger partial charge >= 0.3 is 0 Å². The summed E-state index contributed by atoms with van der Waals surface area (Å²) in [5, 5.41) is 0. The van der Waals surface area contributed by atoms with E-state index in [0.29, 0.717) is 38.9 Å². The molecule has 2 amide bonds. The van der Waals surface area contributed by atoms with Crippen LogP contribution in [-0.4, -0.2) is 58.1 Å². The third kappa shape index (κ3) is 4.45. The van der Waals surface area contributed by atoms with E-state index in [0.717, 1.165) is 19.3 Å². The molecule has 1 aromatic carbocycles. The van der Waals surface area contributed by atoms with Crippen LogP contribution in [0.4, 0.5) is 0 Å². The topological polar surface area (TPSA) is 83.7 Å². The third-order valence-electron chi connectivity index (χ3n) is 6.07. The lowest BCUT2D eigenvalue weighted by Crippen LogP contribution is -2.47. The molecule has 4 rings (SSSR count). The Kier molecular flexibility index (Phi) is 6.26. The number of hydrogen-bond donors (Lipinski definition) is 0. The molecule has 7 nitrogen and oxygen atoms in total. The van der Waals surface area contributed by atoms with Crippen LogP contribution in [0.25, 0.3) is 0 Å². The SMILES string of the molecule is O=C(c1ncco1)[C@H]1CCN(C(=O)[C@@H]2CCCN2C(=O)CCCc2ccccc2)C1.